The molecule has 0 N–H and O–H groups in total. The molecule has 0 aromatic carbocycles. The van der Waals surface area contributed by atoms with Crippen molar-refractivity contribution in [2.24, 2.45) is 0 Å². The zero-order chi connectivity index (χ0) is 9.52. The molecule has 0 spiro atoms. The van der Waals surface area contributed by atoms with Crippen LogP contribution in [0, 0.1) is 0 Å². The van der Waals surface area contributed by atoms with E-state index in [4.69, 9.17) is 21.1 Å². The largest absolute Gasteiger partial charge is 0.490 e. The third-order valence-corrected chi connectivity index (χ3v) is 1.62. The average Bonchev–Trinajstić information content (AvgIpc) is 2.15. The van der Waals surface area contributed by atoms with Crippen LogP contribution in [0.1, 0.15) is 6.92 Å². The number of hydrogen-bond donors (Lipinski definition) is 0. The smallest absolute Gasteiger partial charge is 0.137 e. The van der Waals surface area contributed by atoms with E-state index in [0.29, 0.717) is 30.7 Å². The van der Waals surface area contributed by atoms with Crippen LogP contribution in [0.2, 0.25) is 5.15 Å². The maximum absolute atomic E-state index is 5.60. The van der Waals surface area contributed by atoms with E-state index in [9.17, 15) is 0 Å². The highest BCUT2D eigenvalue weighted by atomic mass is 35.5. The highest BCUT2D eigenvalue weighted by Gasteiger charge is 1.93. The lowest BCUT2D eigenvalue weighted by Gasteiger charge is -2.04. The number of nitrogens with zero attached hydrogens (tertiary/aromatic N) is 1. The maximum atomic E-state index is 5.60. The molecular weight excluding hydrogens is 190 g/mol. The summed E-state index contributed by atoms with van der Waals surface area (Å²) in [7, 11) is 0. The summed E-state index contributed by atoms with van der Waals surface area (Å²) in [6, 6.07) is 3.47. The van der Waals surface area contributed by atoms with Crippen molar-refractivity contribution < 1.29 is 9.47 Å². The molecule has 3 nitrogen and oxygen atoms in total. The van der Waals surface area contributed by atoms with Gasteiger partial charge in [-0.1, -0.05) is 11.6 Å². The lowest BCUT2D eigenvalue weighted by atomic mass is 10.5. The molecule has 1 aromatic heterocycles. The van der Waals surface area contributed by atoms with Gasteiger partial charge in [0.2, 0.25) is 0 Å². The number of aromatic nitrogens is 1. The van der Waals surface area contributed by atoms with E-state index in [1.54, 1.807) is 18.3 Å². The Kier molecular flexibility index (Phi) is 4.57. The monoisotopic (exact) mass is 201 g/mol. The van der Waals surface area contributed by atoms with E-state index in [2.05, 4.69) is 4.98 Å². The molecule has 0 amide bonds. The first-order valence-electron chi connectivity index (χ1n) is 4.15. The van der Waals surface area contributed by atoms with Crippen molar-refractivity contribution in [3.8, 4) is 5.75 Å². The van der Waals surface area contributed by atoms with Crippen LogP contribution in [0.4, 0.5) is 0 Å². The quantitative estimate of drug-likeness (QED) is 0.541. The third-order valence-electron chi connectivity index (χ3n) is 1.40. The predicted molar refractivity (Wildman–Crippen MR) is 51.2 cm³/mol. The van der Waals surface area contributed by atoms with Gasteiger partial charge in [-0.2, -0.15) is 0 Å². The molecule has 0 aliphatic carbocycles. The Labute approximate surface area is 82.6 Å². The minimum Gasteiger partial charge on any atom is -0.490 e. The minimum atomic E-state index is 0.470. The van der Waals surface area contributed by atoms with Gasteiger partial charge < -0.3 is 9.47 Å². The summed E-state index contributed by atoms with van der Waals surface area (Å²) >= 11 is 5.60. The second-order valence-corrected chi connectivity index (χ2v) is 2.75. The highest BCUT2D eigenvalue weighted by molar-refractivity contribution is 6.29. The van der Waals surface area contributed by atoms with Crippen LogP contribution in [0.5, 0.6) is 5.75 Å². The van der Waals surface area contributed by atoms with Gasteiger partial charge in [-0.15, -0.1) is 0 Å². The fraction of sp³-hybridized carbons (Fsp3) is 0.444. The van der Waals surface area contributed by atoms with E-state index in [1.165, 1.54) is 0 Å². The number of halogens is 1. The van der Waals surface area contributed by atoms with Crippen molar-refractivity contribution in [2.45, 2.75) is 6.92 Å². The number of pyridine rings is 1. The first kappa shape index (κ1) is 10.3. The molecule has 0 aliphatic rings. The van der Waals surface area contributed by atoms with Gasteiger partial charge in [0.25, 0.3) is 0 Å². The SMILES string of the molecule is CCOCCOc1ccc(Cl)nc1. The number of ether oxygens (including phenoxy) is 2. The molecule has 0 saturated carbocycles. The highest BCUT2D eigenvalue weighted by Crippen LogP contribution is 2.11. The van der Waals surface area contributed by atoms with Crippen LogP contribution in [0.3, 0.4) is 0 Å². The molecule has 0 fully saturated rings. The molecule has 1 heterocycles. The molecule has 4 heteroatoms. The van der Waals surface area contributed by atoms with Crippen molar-refractivity contribution in [1.82, 2.24) is 4.98 Å². The summed E-state index contributed by atoms with van der Waals surface area (Å²) in [4.78, 5) is 3.88. The number of hydrogen-bond acceptors (Lipinski definition) is 3. The van der Waals surface area contributed by atoms with Crippen molar-refractivity contribution >= 4 is 11.6 Å². The second-order valence-electron chi connectivity index (χ2n) is 2.36. The minimum absolute atomic E-state index is 0.470. The van der Waals surface area contributed by atoms with E-state index in [1.807, 2.05) is 6.92 Å². The third kappa shape index (κ3) is 4.10. The standard InChI is InChI=1S/C9H12ClNO2/c1-2-12-5-6-13-8-3-4-9(10)11-7-8/h3-4,7H,2,5-6H2,1H3. The molecule has 0 aliphatic heterocycles. The molecule has 0 atom stereocenters. The normalized spacial score (nSPS) is 10.0. The molecule has 13 heavy (non-hydrogen) atoms. The Balaban J connectivity index is 2.25. The van der Waals surface area contributed by atoms with Crippen LogP contribution in [0.25, 0.3) is 0 Å². The van der Waals surface area contributed by atoms with E-state index in [-0.39, 0.29) is 0 Å². The van der Waals surface area contributed by atoms with E-state index in [0.717, 1.165) is 0 Å². The average molecular weight is 202 g/mol. The van der Waals surface area contributed by atoms with Gasteiger partial charge >= 0.3 is 0 Å². The summed E-state index contributed by atoms with van der Waals surface area (Å²) in [6.45, 7) is 3.79. The van der Waals surface area contributed by atoms with Crippen molar-refractivity contribution in [3.63, 3.8) is 0 Å². The van der Waals surface area contributed by atoms with Crippen LogP contribution in [-0.2, 0) is 4.74 Å². The predicted octanol–water partition coefficient (Wildman–Crippen LogP) is 2.15. The molecule has 0 saturated heterocycles. The number of rotatable bonds is 5. The van der Waals surface area contributed by atoms with Crippen molar-refractivity contribution in [2.75, 3.05) is 19.8 Å². The molecule has 72 valence electrons. The van der Waals surface area contributed by atoms with Crippen molar-refractivity contribution in [3.05, 3.63) is 23.5 Å². The molecule has 0 unspecified atom stereocenters. The summed E-state index contributed by atoms with van der Waals surface area (Å²) in [5, 5.41) is 0.470. The fourth-order valence-electron chi connectivity index (χ4n) is 0.810. The molecule has 1 aromatic rings. The summed E-state index contributed by atoms with van der Waals surface area (Å²) < 4.78 is 10.4. The molecule has 1 rings (SSSR count). The Hall–Kier alpha value is -0.800. The topological polar surface area (TPSA) is 31.4 Å². The van der Waals surface area contributed by atoms with Gasteiger partial charge in [0.1, 0.15) is 17.5 Å². The lowest BCUT2D eigenvalue weighted by Crippen LogP contribution is -2.06. The van der Waals surface area contributed by atoms with Gasteiger partial charge in [-0.25, -0.2) is 4.98 Å². The summed E-state index contributed by atoms with van der Waals surface area (Å²) in [5.41, 5.74) is 0. The van der Waals surface area contributed by atoms with Crippen molar-refractivity contribution in [1.29, 1.82) is 0 Å². The fourth-order valence-corrected chi connectivity index (χ4v) is 0.922. The van der Waals surface area contributed by atoms with E-state index < -0.39 is 0 Å². The molecule has 0 bridgehead atoms. The van der Waals surface area contributed by atoms with Gasteiger partial charge in [0.05, 0.1) is 12.8 Å². The Morgan fingerprint density at radius 1 is 1.38 bits per heavy atom. The molecule has 0 radical (unpaired) electrons. The van der Waals surface area contributed by atoms with Crippen LogP contribution in [-0.4, -0.2) is 24.8 Å². The summed E-state index contributed by atoms with van der Waals surface area (Å²) in [5.74, 6) is 0.712. The Bertz CT molecular complexity index is 238. The first-order valence-corrected chi connectivity index (χ1v) is 4.53. The van der Waals surface area contributed by atoms with E-state index >= 15 is 0 Å². The zero-order valence-electron chi connectivity index (χ0n) is 7.50. The van der Waals surface area contributed by atoms with Gasteiger partial charge in [0.15, 0.2) is 0 Å². The van der Waals surface area contributed by atoms with Gasteiger partial charge in [0, 0.05) is 6.61 Å². The zero-order valence-corrected chi connectivity index (χ0v) is 8.25. The Morgan fingerprint density at radius 3 is 2.85 bits per heavy atom. The van der Waals surface area contributed by atoms with Crippen LogP contribution >= 0.6 is 11.6 Å². The molecular formula is C9H12ClNO2. The lowest BCUT2D eigenvalue weighted by molar-refractivity contribution is 0.110. The Morgan fingerprint density at radius 2 is 2.23 bits per heavy atom. The van der Waals surface area contributed by atoms with Gasteiger partial charge in [-0.05, 0) is 19.1 Å². The van der Waals surface area contributed by atoms with Crippen LogP contribution in [0.15, 0.2) is 18.3 Å². The maximum Gasteiger partial charge on any atom is 0.137 e. The summed E-state index contributed by atoms with van der Waals surface area (Å²) in [6.07, 6.45) is 1.59. The second kappa shape index (κ2) is 5.78. The first-order chi connectivity index (χ1) is 6.33. The van der Waals surface area contributed by atoms with Gasteiger partial charge in [-0.3, -0.25) is 0 Å². The van der Waals surface area contributed by atoms with Crippen LogP contribution < -0.4 is 4.74 Å².